The molecule has 1 amide bonds. The fourth-order valence-corrected chi connectivity index (χ4v) is 3.02. The first kappa shape index (κ1) is 24.8. The van der Waals surface area contributed by atoms with Crippen LogP contribution < -0.4 is 25.8 Å². The summed E-state index contributed by atoms with van der Waals surface area (Å²) in [6.45, 7) is 0.936. The minimum Gasteiger partial charge on any atom is -0.497 e. The smallest absolute Gasteiger partial charge is 0.246 e. The van der Waals surface area contributed by atoms with E-state index in [0.717, 1.165) is 12.4 Å². The van der Waals surface area contributed by atoms with Gasteiger partial charge in [0.25, 0.3) is 0 Å². The van der Waals surface area contributed by atoms with Crippen molar-refractivity contribution in [3.05, 3.63) is 59.5 Å². The number of hydrogen-bond acceptors (Lipinski definition) is 7. The highest BCUT2D eigenvalue weighted by Gasteiger charge is 2.22. The summed E-state index contributed by atoms with van der Waals surface area (Å²) in [4.78, 5) is 15.0. The molecule has 172 valence electrons. The van der Waals surface area contributed by atoms with Crippen molar-refractivity contribution >= 4 is 23.4 Å². The van der Waals surface area contributed by atoms with E-state index in [1.165, 1.54) is 12.1 Å². The van der Waals surface area contributed by atoms with Crippen LogP contribution in [0.25, 0.3) is 5.57 Å². The van der Waals surface area contributed by atoms with E-state index in [0.29, 0.717) is 24.5 Å². The van der Waals surface area contributed by atoms with E-state index in [1.807, 2.05) is 19.0 Å². The number of halogens is 1. The fraction of sp³-hybridized carbons (Fsp3) is 0.304. The van der Waals surface area contributed by atoms with Crippen LogP contribution >= 0.6 is 0 Å². The number of nitrogens with zero attached hydrogens (tertiary/aromatic N) is 1. The van der Waals surface area contributed by atoms with Gasteiger partial charge in [0.05, 0.1) is 12.8 Å². The molecule has 0 radical (unpaired) electrons. The molecule has 0 saturated heterocycles. The quantitative estimate of drug-likeness (QED) is 0.397. The average molecular weight is 444 g/mol. The number of hydrogen-bond donors (Lipinski definition) is 4. The number of carbonyl (C=O) groups excluding carboxylic acids is 1. The first-order valence-electron chi connectivity index (χ1n) is 10.0. The maximum absolute atomic E-state index is 14.8. The second-order valence-electron chi connectivity index (χ2n) is 7.23. The Balaban J connectivity index is 2.39. The van der Waals surface area contributed by atoms with Gasteiger partial charge in [0.1, 0.15) is 30.0 Å². The van der Waals surface area contributed by atoms with Gasteiger partial charge in [-0.15, -0.1) is 0 Å². The van der Waals surface area contributed by atoms with Crippen LogP contribution in [-0.4, -0.2) is 58.4 Å². The Kier molecular flexibility index (Phi) is 9.18. The Morgan fingerprint density at radius 2 is 2.06 bits per heavy atom. The van der Waals surface area contributed by atoms with Crippen molar-refractivity contribution in [3.8, 4) is 11.5 Å². The summed E-state index contributed by atoms with van der Waals surface area (Å²) in [5.41, 5.74) is 6.70. The van der Waals surface area contributed by atoms with Crippen LogP contribution in [0.2, 0.25) is 0 Å². The molecule has 9 heteroatoms. The lowest BCUT2D eigenvalue weighted by Crippen LogP contribution is -2.31. The number of carbonyl (C=O) groups is 1. The number of methoxy groups -OCH3 is 1. The number of amides is 1. The number of nitrogens with two attached hydrogens (primary N) is 1. The van der Waals surface area contributed by atoms with Gasteiger partial charge in [0, 0.05) is 36.2 Å². The molecule has 5 N–H and O–H groups in total. The largest absolute Gasteiger partial charge is 0.497 e. The highest BCUT2D eigenvalue weighted by atomic mass is 19.1. The van der Waals surface area contributed by atoms with E-state index >= 15 is 0 Å². The van der Waals surface area contributed by atoms with Gasteiger partial charge in [0.15, 0.2) is 0 Å². The molecule has 32 heavy (non-hydrogen) atoms. The van der Waals surface area contributed by atoms with Crippen LogP contribution in [0.4, 0.5) is 10.1 Å². The third kappa shape index (κ3) is 6.29. The molecule has 0 fully saturated rings. The highest BCUT2D eigenvalue weighted by Crippen LogP contribution is 2.32. The van der Waals surface area contributed by atoms with E-state index in [-0.39, 0.29) is 22.6 Å². The third-order valence-electron chi connectivity index (χ3n) is 4.75. The molecule has 2 rings (SSSR count). The fourth-order valence-electron chi connectivity index (χ4n) is 3.02. The van der Waals surface area contributed by atoms with Gasteiger partial charge in [-0.2, -0.15) is 0 Å². The van der Waals surface area contributed by atoms with Gasteiger partial charge in [-0.25, -0.2) is 4.39 Å². The van der Waals surface area contributed by atoms with Crippen LogP contribution in [0.5, 0.6) is 11.5 Å². The summed E-state index contributed by atoms with van der Waals surface area (Å²) in [7, 11) is 7.01. The zero-order chi connectivity index (χ0) is 23.7. The molecule has 0 bridgehead atoms. The molecule has 2 aromatic rings. The molecule has 0 saturated carbocycles. The topological polar surface area (TPSA) is 113 Å². The van der Waals surface area contributed by atoms with E-state index < -0.39 is 17.8 Å². The van der Waals surface area contributed by atoms with Crippen molar-refractivity contribution < 1.29 is 18.7 Å². The molecular weight excluding hydrogens is 413 g/mol. The average Bonchev–Trinajstić information content (AvgIpc) is 2.77. The molecule has 0 aliphatic carbocycles. The molecule has 0 aliphatic heterocycles. The van der Waals surface area contributed by atoms with E-state index in [1.54, 1.807) is 38.4 Å². The monoisotopic (exact) mass is 443 g/mol. The molecule has 8 nitrogen and oxygen atoms in total. The standard InChI is InChI=1S/C23H30FN5O3/c1-27-22(15-6-5-7-17(10-15)31-4)23(30)28-20-12-19(24)18(16(13-25)14-26)11-21(20)32-9-8-29(2)3/h5-7,10-14,22,25,27H,8-9,26H2,1-4H3,(H,28,30)/b16-14+,25-13?. The minimum atomic E-state index is -0.705. The first-order valence-corrected chi connectivity index (χ1v) is 10.0. The van der Waals surface area contributed by atoms with E-state index in [9.17, 15) is 9.18 Å². The van der Waals surface area contributed by atoms with Crippen LogP contribution in [-0.2, 0) is 4.79 Å². The maximum Gasteiger partial charge on any atom is 0.246 e. The predicted molar refractivity (Wildman–Crippen MR) is 125 cm³/mol. The highest BCUT2D eigenvalue weighted by molar-refractivity contribution is 6.08. The number of nitrogens with one attached hydrogen (secondary N) is 3. The summed E-state index contributed by atoms with van der Waals surface area (Å²) in [6.07, 6.45) is 2.10. The van der Waals surface area contributed by atoms with Crippen molar-refractivity contribution in [1.82, 2.24) is 10.2 Å². The Morgan fingerprint density at radius 3 is 2.66 bits per heavy atom. The molecule has 1 unspecified atom stereocenters. The predicted octanol–water partition coefficient (Wildman–Crippen LogP) is 2.62. The zero-order valence-electron chi connectivity index (χ0n) is 18.7. The van der Waals surface area contributed by atoms with Crippen molar-refractivity contribution in [2.24, 2.45) is 5.73 Å². The minimum absolute atomic E-state index is 0.110. The summed E-state index contributed by atoms with van der Waals surface area (Å²) in [5.74, 6) is -0.139. The van der Waals surface area contributed by atoms with E-state index in [4.69, 9.17) is 20.6 Å². The molecule has 2 aromatic carbocycles. The SMILES string of the molecule is CNC(C(=O)Nc1cc(F)c(/C(C=N)=C/N)cc1OCCN(C)C)c1cccc(OC)c1. The summed E-state index contributed by atoms with van der Waals surface area (Å²) < 4.78 is 25.9. The second-order valence-corrected chi connectivity index (χ2v) is 7.23. The lowest BCUT2D eigenvalue weighted by Gasteiger charge is -2.20. The molecule has 0 spiro atoms. The Bertz CT molecular complexity index is 978. The normalized spacial score (nSPS) is 12.4. The molecular formula is C23H30FN5O3. The number of rotatable bonds is 11. The number of allylic oxidation sites excluding steroid dienone is 1. The van der Waals surface area contributed by atoms with Crippen LogP contribution in [0.1, 0.15) is 17.2 Å². The van der Waals surface area contributed by atoms with Crippen LogP contribution in [0.3, 0.4) is 0 Å². The maximum atomic E-state index is 14.8. The van der Waals surface area contributed by atoms with Gasteiger partial charge in [-0.05, 0) is 44.9 Å². The second kappa shape index (κ2) is 11.8. The van der Waals surface area contributed by atoms with Crippen LogP contribution in [0, 0.1) is 11.2 Å². The van der Waals surface area contributed by atoms with Crippen molar-refractivity contribution in [2.75, 3.05) is 46.7 Å². The lowest BCUT2D eigenvalue weighted by atomic mass is 10.0. The van der Waals surface area contributed by atoms with Gasteiger partial charge in [-0.3, -0.25) is 4.79 Å². The Morgan fingerprint density at radius 1 is 1.31 bits per heavy atom. The van der Waals surface area contributed by atoms with Crippen molar-refractivity contribution in [1.29, 1.82) is 5.41 Å². The Hall–Kier alpha value is -3.43. The number of likely N-dealkylation sites (N-methyl/N-ethyl adjacent to an activating group) is 2. The summed E-state index contributed by atoms with van der Waals surface area (Å²) >= 11 is 0. The molecule has 1 atom stereocenters. The lowest BCUT2D eigenvalue weighted by molar-refractivity contribution is -0.118. The molecule has 0 heterocycles. The van der Waals surface area contributed by atoms with Crippen molar-refractivity contribution in [2.45, 2.75) is 6.04 Å². The van der Waals surface area contributed by atoms with Gasteiger partial charge in [-0.1, -0.05) is 12.1 Å². The summed E-state index contributed by atoms with van der Waals surface area (Å²) in [6, 6.07) is 9.02. The van der Waals surface area contributed by atoms with Gasteiger partial charge in [0.2, 0.25) is 5.91 Å². The number of ether oxygens (including phenoxy) is 2. The third-order valence-corrected chi connectivity index (χ3v) is 4.75. The number of anilines is 1. The van der Waals surface area contributed by atoms with Crippen LogP contribution in [0.15, 0.2) is 42.6 Å². The number of benzene rings is 2. The molecule has 0 aliphatic rings. The zero-order valence-corrected chi connectivity index (χ0v) is 18.7. The Labute approximate surface area is 187 Å². The first-order chi connectivity index (χ1) is 15.3. The van der Waals surface area contributed by atoms with Crippen molar-refractivity contribution in [3.63, 3.8) is 0 Å². The van der Waals surface area contributed by atoms with E-state index in [2.05, 4.69) is 10.6 Å². The van der Waals surface area contributed by atoms with Gasteiger partial charge >= 0.3 is 0 Å². The van der Waals surface area contributed by atoms with Gasteiger partial charge < -0.3 is 36.2 Å². The summed E-state index contributed by atoms with van der Waals surface area (Å²) in [5, 5.41) is 13.2. The molecule has 0 aromatic heterocycles.